The summed E-state index contributed by atoms with van der Waals surface area (Å²) in [6.45, 7) is 3.66. The van der Waals surface area contributed by atoms with E-state index >= 15 is 0 Å². The van der Waals surface area contributed by atoms with Crippen LogP contribution < -0.4 is 0 Å². The molecule has 20 heavy (non-hydrogen) atoms. The van der Waals surface area contributed by atoms with E-state index in [-0.39, 0.29) is 11.9 Å². The molecule has 0 aliphatic heterocycles. The summed E-state index contributed by atoms with van der Waals surface area (Å²) in [5.74, 6) is 0.215. The molecule has 2 N–H and O–H groups in total. The zero-order valence-electron chi connectivity index (χ0n) is 11.6. The van der Waals surface area contributed by atoms with Gasteiger partial charge in [-0.05, 0) is 25.8 Å². The van der Waals surface area contributed by atoms with Gasteiger partial charge in [-0.1, -0.05) is 11.6 Å². The fourth-order valence-corrected chi connectivity index (χ4v) is 2.35. The Morgan fingerprint density at radius 1 is 1.40 bits per heavy atom. The summed E-state index contributed by atoms with van der Waals surface area (Å²) in [6.07, 6.45) is 5.63. The molecule has 0 bridgehead atoms. The zero-order chi connectivity index (χ0) is 15.1. The molecule has 5 nitrogen and oxygen atoms in total. The van der Waals surface area contributed by atoms with E-state index in [1.54, 1.807) is 6.92 Å². The van der Waals surface area contributed by atoms with Gasteiger partial charge in [-0.2, -0.15) is 0 Å². The number of aryl methyl sites for hydroxylation is 1. The zero-order valence-corrected chi connectivity index (χ0v) is 12.5. The van der Waals surface area contributed by atoms with Crippen LogP contribution in [-0.4, -0.2) is 28.0 Å². The summed E-state index contributed by atoms with van der Waals surface area (Å²) < 4.78 is 5.39. The van der Waals surface area contributed by atoms with Crippen molar-refractivity contribution in [1.29, 1.82) is 0 Å². The predicted molar refractivity (Wildman–Crippen MR) is 76.8 cm³/mol. The minimum absolute atomic E-state index is 0.281. The highest BCUT2D eigenvalue weighted by Gasteiger charge is 2.20. The van der Waals surface area contributed by atoms with Gasteiger partial charge in [0, 0.05) is 12.8 Å². The van der Waals surface area contributed by atoms with Crippen molar-refractivity contribution in [3.63, 3.8) is 0 Å². The Morgan fingerprint density at radius 2 is 2.10 bits per heavy atom. The van der Waals surface area contributed by atoms with Crippen molar-refractivity contribution in [1.82, 2.24) is 0 Å². The molecule has 0 amide bonds. The molecule has 6 heteroatoms. The fourth-order valence-electron chi connectivity index (χ4n) is 1.93. The van der Waals surface area contributed by atoms with Crippen molar-refractivity contribution >= 4 is 20.4 Å². The molecule has 0 aliphatic rings. The van der Waals surface area contributed by atoms with E-state index in [4.69, 9.17) is 14.2 Å². The summed E-state index contributed by atoms with van der Waals surface area (Å²) in [7, 11) is -2.25. The van der Waals surface area contributed by atoms with Gasteiger partial charge in [0.15, 0.2) is 14.2 Å². The lowest BCUT2D eigenvalue weighted by Gasteiger charge is -2.05. The van der Waals surface area contributed by atoms with E-state index in [0.29, 0.717) is 36.1 Å². The van der Waals surface area contributed by atoms with Crippen LogP contribution in [-0.2, 0) is 11.2 Å². The first-order chi connectivity index (χ1) is 9.45. The Morgan fingerprint density at radius 3 is 2.70 bits per heavy atom. The van der Waals surface area contributed by atoms with Crippen LogP contribution in [0.1, 0.15) is 41.4 Å². The number of allylic oxidation sites excluding steroid dienone is 2. The maximum Gasteiger partial charge on any atom is 0.175 e. The number of carbonyl (C=O) groups excluding carboxylic acids is 2. The van der Waals surface area contributed by atoms with Gasteiger partial charge < -0.3 is 19.0 Å². The van der Waals surface area contributed by atoms with E-state index in [1.807, 2.05) is 13.0 Å². The highest BCUT2D eigenvalue weighted by molar-refractivity contribution is 7.46. The van der Waals surface area contributed by atoms with Crippen LogP contribution in [0.25, 0.3) is 0 Å². The van der Waals surface area contributed by atoms with Gasteiger partial charge in [-0.25, -0.2) is 0 Å². The number of hydrogen-bond donors (Lipinski definition) is 2. The molecule has 0 fully saturated rings. The summed E-state index contributed by atoms with van der Waals surface area (Å²) >= 11 is 0. The van der Waals surface area contributed by atoms with Crippen LogP contribution >= 0.6 is 8.38 Å². The Hall–Kier alpha value is -1.29. The molecule has 0 radical (unpaired) electrons. The van der Waals surface area contributed by atoms with Crippen molar-refractivity contribution in [3.8, 4) is 0 Å². The molecule has 1 heterocycles. The molecule has 0 unspecified atom stereocenters. The van der Waals surface area contributed by atoms with Gasteiger partial charge in [0.25, 0.3) is 0 Å². The topological polar surface area (TPSA) is 87.7 Å². The molecule has 110 valence electrons. The van der Waals surface area contributed by atoms with E-state index in [9.17, 15) is 9.59 Å². The van der Waals surface area contributed by atoms with Crippen molar-refractivity contribution in [2.45, 2.75) is 33.1 Å². The predicted octanol–water partition coefficient (Wildman–Crippen LogP) is 2.54. The second-order valence-corrected chi connectivity index (χ2v) is 5.70. The van der Waals surface area contributed by atoms with Gasteiger partial charge in [-0.3, -0.25) is 4.79 Å². The highest BCUT2D eigenvalue weighted by atomic mass is 31.2. The van der Waals surface area contributed by atoms with Crippen LogP contribution in [0.15, 0.2) is 22.3 Å². The van der Waals surface area contributed by atoms with Gasteiger partial charge in [0.2, 0.25) is 0 Å². The third-order valence-electron chi connectivity index (χ3n) is 2.83. The lowest BCUT2D eigenvalue weighted by molar-refractivity contribution is -0.107. The average molecular weight is 298 g/mol. The first-order valence-corrected chi connectivity index (χ1v) is 7.73. The molecule has 0 saturated heterocycles. The van der Waals surface area contributed by atoms with E-state index < -0.39 is 8.38 Å². The molecular formula is C14H19O5P. The van der Waals surface area contributed by atoms with Crippen LogP contribution in [0.4, 0.5) is 0 Å². The maximum absolute atomic E-state index is 12.0. The SMILES string of the molecule is C/C(=C\CCC=O)Cc1occ(C)c1C(=O)CP(O)O. The van der Waals surface area contributed by atoms with Gasteiger partial charge >= 0.3 is 0 Å². The standard InChI is InChI=1S/C14H19O5P/c1-10(5-3-4-6-15)7-13-14(11(2)8-19-13)12(16)9-20(17)18/h5-6,8,17-18H,3-4,7,9H2,1-2H3/b10-5+. The molecule has 1 aromatic rings. The smallest absolute Gasteiger partial charge is 0.175 e. The first-order valence-electron chi connectivity index (χ1n) is 6.30. The van der Waals surface area contributed by atoms with E-state index in [0.717, 1.165) is 11.9 Å². The number of Topliss-reactive ketones (excluding diaryl/α,β-unsaturated/α-hetero) is 1. The van der Waals surface area contributed by atoms with E-state index in [2.05, 4.69) is 0 Å². The molecule has 0 atom stereocenters. The number of unbranched alkanes of at least 4 members (excludes halogenated alkanes) is 1. The third-order valence-corrected chi connectivity index (χ3v) is 3.40. The quantitative estimate of drug-likeness (QED) is 0.253. The monoisotopic (exact) mass is 298 g/mol. The van der Waals surface area contributed by atoms with Crippen LogP contribution in [0.2, 0.25) is 0 Å². The minimum Gasteiger partial charge on any atom is -0.468 e. The molecule has 0 aliphatic carbocycles. The van der Waals surface area contributed by atoms with Crippen molar-refractivity contribution in [2.75, 3.05) is 6.16 Å². The molecule has 1 rings (SSSR count). The minimum atomic E-state index is -2.25. The maximum atomic E-state index is 12.0. The van der Waals surface area contributed by atoms with Crippen LogP contribution in [0, 0.1) is 6.92 Å². The number of ketones is 1. The third kappa shape index (κ3) is 5.00. The summed E-state index contributed by atoms with van der Waals surface area (Å²) in [4.78, 5) is 40.1. The molecule has 0 aromatic carbocycles. The number of rotatable bonds is 8. The first kappa shape index (κ1) is 16.8. The van der Waals surface area contributed by atoms with Crippen molar-refractivity contribution in [2.24, 2.45) is 0 Å². The summed E-state index contributed by atoms with van der Waals surface area (Å²) in [5, 5.41) is 0. The second kappa shape index (κ2) is 8.10. The van der Waals surface area contributed by atoms with Gasteiger partial charge in [0.1, 0.15) is 12.0 Å². The average Bonchev–Trinajstić information content (AvgIpc) is 2.70. The van der Waals surface area contributed by atoms with Gasteiger partial charge in [-0.15, -0.1) is 0 Å². The van der Waals surface area contributed by atoms with Crippen molar-refractivity contribution < 1.29 is 23.8 Å². The Labute approximate surface area is 119 Å². The Bertz CT molecular complexity index is 502. The Kier molecular flexibility index (Phi) is 6.79. The van der Waals surface area contributed by atoms with Crippen LogP contribution in [0.3, 0.4) is 0 Å². The largest absolute Gasteiger partial charge is 0.468 e. The molecule has 0 saturated carbocycles. The second-order valence-electron chi connectivity index (χ2n) is 4.64. The lowest BCUT2D eigenvalue weighted by Crippen LogP contribution is -2.07. The molecule has 0 spiro atoms. The normalized spacial score (nSPS) is 11.9. The molecule has 1 aromatic heterocycles. The molecular weight excluding hydrogens is 279 g/mol. The number of aldehydes is 1. The van der Waals surface area contributed by atoms with Crippen molar-refractivity contribution in [3.05, 3.63) is 34.8 Å². The Balaban J connectivity index is 2.83. The highest BCUT2D eigenvalue weighted by Crippen LogP contribution is 2.28. The number of furan rings is 1. The summed E-state index contributed by atoms with van der Waals surface area (Å²) in [5.41, 5.74) is 2.14. The van der Waals surface area contributed by atoms with Gasteiger partial charge in [0.05, 0.1) is 18.0 Å². The van der Waals surface area contributed by atoms with Crippen LogP contribution in [0.5, 0.6) is 0 Å². The van der Waals surface area contributed by atoms with E-state index in [1.165, 1.54) is 6.26 Å². The summed E-state index contributed by atoms with van der Waals surface area (Å²) in [6, 6.07) is 0. The number of hydrogen-bond acceptors (Lipinski definition) is 5. The number of carbonyl (C=O) groups is 2. The lowest BCUT2D eigenvalue weighted by atomic mass is 10.0. The fraction of sp³-hybridized carbons (Fsp3) is 0.429.